The third kappa shape index (κ3) is 10.9. The summed E-state index contributed by atoms with van der Waals surface area (Å²) in [5, 5.41) is 0. The molecule has 2 aromatic heterocycles. The van der Waals surface area contributed by atoms with Crippen molar-refractivity contribution in [2.45, 2.75) is 64.2 Å². The van der Waals surface area contributed by atoms with E-state index >= 15 is 0 Å². The van der Waals surface area contributed by atoms with E-state index in [2.05, 4.69) is 80.4 Å². The molecule has 0 N–H and O–H groups in total. The molecule has 2 fully saturated rings. The van der Waals surface area contributed by atoms with Crippen molar-refractivity contribution in [3.05, 3.63) is 108 Å². The highest BCUT2D eigenvalue weighted by Crippen LogP contribution is 2.29. The molecule has 0 radical (unpaired) electrons. The van der Waals surface area contributed by atoms with Gasteiger partial charge in [-0.05, 0) is 86.1 Å². The summed E-state index contributed by atoms with van der Waals surface area (Å²) in [7, 11) is 3.13. The number of carbonyl (C=O) groups excluding carboxylic acids is 2. The monoisotopic (exact) mass is 814 g/mol. The third-order valence-corrected chi connectivity index (χ3v) is 11.2. The zero-order valence-corrected chi connectivity index (χ0v) is 35.1. The Kier molecular flexibility index (Phi) is 15.2. The number of anilines is 2. The standard InChI is InChI=1S/2C24H29N3O3/c1-29-24-25-21-18-20(26-14-16-30-17-15-26)12-13-22(21)27(24)23(28)11-7-3-6-10-19-8-4-2-5-9-19;1-29-24-25-21-13-12-20(26-14-16-30-17-15-26)18-22(21)27(24)23(28)11-7-3-6-10-19-8-4-2-5-9-19/h2*2,4-5,8-9,12-13,18H,3,6-7,10-11,14-17H2,1H3. The SMILES string of the molecule is COc1nc2cc(N3CCOCC3)ccc2n1C(=O)CCCCCc1ccccc1.COc1nc2ccc(N3CCOCC3)cc2n1C(=O)CCCCCc1ccccc1. The summed E-state index contributed by atoms with van der Waals surface area (Å²) in [6.45, 7) is 6.36. The van der Waals surface area contributed by atoms with Gasteiger partial charge in [-0.1, -0.05) is 73.5 Å². The maximum Gasteiger partial charge on any atom is 0.304 e. The third-order valence-electron chi connectivity index (χ3n) is 11.2. The number of benzene rings is 4. The molecule has 2 aliphatic heterocycles. The predicted molar refractivity (Wildman–Crippen MR) is 237 cm³/mol. The number of imidazole rings is 2. The van der Waals surface area contributed by atoms with Crippen LogP contribution >= 0.6 is 0 Å². The van der Waals surface area contributed by atoms with E-state index in [-0.39, 0.29) is 11.8 Å². The molecule has 12 nitrogen and oxygen atoms in total. The highest BCUT2D eigenvalue weighted by molar-refractivity contribution is 5.94. The van der Waals surface area contributed by atoms with Crippen molar-refractivity contribution in [3.8, 4) is 12.0 Å². The minimum Gasteiger partial charge on any atom is -0.468 e. The molecule has 6 aromatic rings. The summed E-state index contributed by atoms with van der Waals surface area (Å²) in [6, 6.07) is 33.8. The van der Waals surface area contributed by atoms with Crippen LogP contribution in [0.4, 0.5) is 11.4 Å². The van der Waals surface area contributed by atoms with Gasteiger partial charge in [0.15, 0.2) is 0 Å². The number of methoxy groups -OCH3 is 2. The molecule has 2 aliphatic rings. The summed E-state index contributed by atoms with van der Waals surface area (Å²) in [6.07, 6.45) is 9.01. The van der Waals surface area contributed by atoms with E-state index in [4.69, 9.17) is 18.9 Å². The van der Waals surface area contributed by atoms with Gasteiger partial charge in [0, 0.05) is 50.4 Å². The Bertz CT molecular complexity index is 2280. The van der Waals surface area contributed by atoms with Crippen LogP contribution in [-0.2, 0) is 22.3 Å². The molecule has 0 amide bonds. The van der Waals surface area contributed by atoms with Gasteiger partial charge in [-0.2, -0.15) is 9.97 Å². The molecule has 0 atom stereocenters. The van der Waals surface area contributed by atoms with Crippen LogP contribution in [0.15, 0.2) is 97.1 Å². The zero-order chi connectivity index (χ0) is 41.5. The summed E-state index contributed by atoms with van der Waals surface area (Å²) in [4.78, 5) is 39.6. The van der Waals surface area contributed by atoms with Crippen LogP contribution in [0.5, 0.6) is 12.0 Å². The zero-order valence-electron chi connectivity index (χ0n) is 35.1. The Morgan fingerprint density at radius 3 is 1.52 bits per heavy atom. The molecule has 60 heavy (non-hydrogen) atoms. The van der Waals surface area contributed by atoms with Crippen molar-refractivity contribution in [1.82, 2.24) is 19.1 Å². The Balaban J connectivity index is 0.000000181. The van der Waals surface area contributed by atoms with Gasteiger partial charge in [-0.3, -0.25) is 9.59 Å². The first-order valence-corrected chi connectivity index (χ1v) is 21.4. The van der Waals surface area contributed by atoms with Gasteiger partial charge in [-0.15, -0.1) is 0 Å². The molecular formula is C48H58N6O6. The minimum absolute atomic E-state index is 0.0354. The maximum atomic E-state index is 13.0. The second-order valence-electron chi connectivity index (χ2n) is 15.3. The molecule has 4 heterocycles. The molecule has 4 aromatic carbocycles. The average molecular weight is 815 g/mol. The van der Waals surface area contributed by atoms with E-state index in [1.54, 1.807) is 23.4 Å². The molecule has 0 bridgehead atoms. The van der Waals surface area contributed by atoms with Gasteiger partial charge >= 0.3 is 12.0 Å². The molecule has 0 spiro atoms. The number of aromatic nitrogens is 4. The number of morpholine rings is 2. The number of fused-ring (bicyclic) bond motifs is 2. The van der Waals surface area contributed by atoms with E-state index in [0.29, 0.717) is 24.9 Å². The summed E-state index contributed by atoms with van der Waals surface area (Å²) in [5.41, 5.74) is 8.07. The van der Waals surface area contributed by atoms with Crippen LogP contribution in [0, 0.1) is 0 Å². The second-order valence-corrected chi connectivity index (χ2v) is 15.3. The van der Waals surface area contributed by atoms with Gasteiger partial charge < -0.3 is 28.7 Å². The van der Waals surface area contributed by atoms with Crippen LogP contribution in [0.2, 0.25) is 0 Å². The molecule has 0 saturated carbocycles. The Labute approximate surface area is 353 Å². The number of carbonyl (C=O) groups is 2. The number of aryl methyl sites for hydroxylation is 2. The molecule has 2 saturated heterocycles. The van der Waals surface area contributed by atoms with Gasteiger partial charge in [-0.25, -0.2) is 9.13 Å². The number of nitrogens with zero attached hydrogens (tertiary/aromatic N) is 6. The van der Waals surface area contributed by atoms with Crippen LogP contribution in [-0.4, -0.2) is 97.7 Å². The van der Waals surface area contributed by atoms with Gasteiger partial charge in [0.05, 0.1) is 62.7 Å². The Morgan fingerprint density at radius 1 is 0.533 bits per heavy atom. The fraction of sp³-hybridized carbons (Fsp3) is 0.417. The fourth-order valence-corrected chi connectivity index (χ4v) is 7.96. The number of ether oxygens (including phenoxy) is 4. The average Bonchev–Trinajstić information content (AvgIpc) is 3.88. The normalized spacial score (nSPS) is 14.2. The van der Waals surface area contributed by atoms with Gasteiger partial charge in [0.25, 0.3) is 0 Å². The fourth-order valence-electron chi connectivity index (χ4n) is 7.96. The van der Waals surface area contributed by atoms with E-state index in [9.17, 15) is 9.59 Å². The lowest BCUT2D eigenvalue weighted by Crippen LogP contribution is -2.36. The molecular weight excluding hydrogens is 757 g/mol. The highest BCUT2D eigenvalue weighted by atomic mass is 16.5. The van der Waals surface area contributed by atoms with Crippen LogP contribution < -0.4 is 19.3 Å². The first kappa shape index (κ1) is 42.4. The molecule has 12 heteroatoms. The maximum absolute atomic E-state index is 13.0. The second kappa shape index (κ2) is 21.5. The smallest absolute Gasteiger partial charge is 0.304 e. The van der Waals surface area contributed by atoms with E-state index in [1.165, 1.54) is 11.1 Å². The van der Waals surface area contributed by atoms with Crippen LogP contribution in [0.25, 0.3) is 22.1 Å². The van der Waals surface area contributed by atoms with Gasteiger partial charge in [0.1, 0.15) is 0 Å². The lowest BCUT2D eigenvalue weighted by atomic mass is 10.1. The minimum atomic E-state index is 0.0354. The van der Waals surface area contributed by atoms with Crippen molar-refractivity contribution in [3.63, 3.8) is 0 Å². The van der Waals surface area contributed by atoms with E-state index in [1.807, 2.05) is 36.4 Å². The van der Waals surface area contributed by atoms with Crippen molar-refractivity contribution in [2.24, 2.45) is 0 Å². The van der Waals surface area contributed by atoms with Crippen LogP contribution in [0.1, 0.15) is 72.1 Å². The first-order valence-electron chi connectivity index (χ1n) is 21.4. The van der Waals surface area contributed by atoms with Crippen molar-refractivity contribution in [1.29, 1.82) is 0 Å². The van der Waals surface area contributed by atoms with Crippen molar-refractivity contribution in [2.75, 3.05) is 76.6 Å². The van der Waals surface area contributed by atoms with E-state index in [0.717, 1.165) is 137 Å². The number of unbranched alkanes of at least 4 members (excludes halogenated alkanes) is 4. The summed E-state index contributed by atoms with van der Waals surface area (Å²) < 4.78 is 25.0. The first-order chi connectivity index (χ1) is 29.5. The summed E-state index contributed by atoms with van der Waals surface area (Å²) in [5.74, 6) is 0.0707. The van der Waals surface area contributed by atoms with Crippen molar-refractivity contribution >= 4 is 45.3 Å². The largest absolute Gasteiger partial charge is 0.468 e. The lowest BCUT2D eigenvalue weighted by Gasteiger charge is -2.28. The molecule has 8 rings (SSSR count). The highest BCUT2D eigenvalue weighted by Gasteiger charge is 2.21. The van der Waals surface area contributed by atoms with Crippen LogP contribution in [0.3, 0.4) is 0 Å². The molecule has 0 aliphatic carbocycles. The molecule has 0 unspecified atom stereocenters. The van der Waals surface area contributed by atoms with E-state index < -0.39 is 0 Å². The lowest BCUT2D eigenvalue weighted by molar-refractivity contribution is 0.0884. The Hall–Kier alpha value is -5.72. The molecule has 316 valence electrons. The van der Waals surface area contributed by atoms with Crippen molar-refractivity contribution < 1.29 is 28.5 Å². The Morgan fingerprint density at radius 2 is 1.00 bits per heavy atom. The summed E-state index contributed by atoms with van der Waals surface area (Å²) >= 11 is 0. The van der Waals surface area contributed by atoms with Gasteiger partial charge in [0.2, 0.25) is 11.8 Å². The quantitative estimate of drug-likeness (QED) is 0.0881. The topological polar surface area (TPSA) is 113 Å². The number of hydrogen-bond donors (Lipinski definition) is 0. The number of hydrogen-bond acceptors (Lipinski definition) is 10. The predicted octanol–water partition coefficient (Wildman–Crippen LogP) is 8.65. The number of rotatable bonds is 16.